The second kappa shape index (κ2) is 4.55. The Labute approximate surface area is 102 Å². The highest BCUT2D eigenvalue weighted by atomic mass is 35.5. The van der Waals surface area contributed by atoms with Crippen molar-refractivity contribution in [3.63, 3.8) is 0 Å². The van der Waals surface area contributed by atoms with Crippen molar-refractivity contribution >= 4 is 17.3 Å². The van der Waals surface area contributed by atoms with Gasteiger partial charge in [0.2, 0.25) is 5.89 Å². The molecule has 0 aliphatic carbocycles. The maximum atomic E-state index is 10.8. The Balaban J connectivity index is 2.46. The lowest BCUT2D eigenvalue weighted by Gasteiger charge is -1.99. The SMILES string of the molecule is Cc1ccc(-c2nc(CCl)co2)cc1[N+](=O)[O-]. The van der Waals surface area contributed by atoms with Gasteiger partial charge in [0, 0.05) is 17.2 Å². The number of alkyl halides is 1. The molecule has 1 aromatic heterocycles. The summed E-state index contributed by atoms with van der Waals surface area (Å²) < 4.78 is 5.20. The first-order valence-corrected chi connectivity index (χ1v) is 5.41. The number of aromatic nitrogens is 1. The predicted octanol–water partition coefficient (Wildman–Crippen LogP) is 3.30. The van der Waals surface area contributed by atoms with E-state index in [9.17, 15) is 10.1 Å². The Kier molecular flexibility index (Phi) is 3.10. The molecule has 0 saturated heterocycles. The van der Waals surface area contributed by atoms with Crippen LogP contribution in [0.3, 0.4) is 0 Å². The van der Waals surface area contributed by atoms with Crippen LogP contribution >= 0.6 is 11.6 Å². The monoisotopic (exact) mass is 252 g/mol. The summed E-state index contributed by atoms with van der Waals surface area (Å²) in [6.07, 6.45) is 1.44. The van der Waals surface area contributed by atoms with E-state index < -0.39 is 4.92 Å². The lowest BCUT2D eigenvalue weighted by atomic mass is 10.1. The van der Waals surface area contributed by atoms with Gasteiger partial charge in [0.1, 0.15) is 6.26 Å². The summed E-state index contributed by atoms with van der Waals surface area (Å²) in [5, 5.41) is 10.8. The van der Waals surface area contributed by atoms with Gasteiger partial charge in [-0.2, -0.15) is 0 Å². The fourth-order valence-electron chi connectivity index (χ4n) is 1.44. The van der Waals surface area contributed by atoms with Crippen molar-refractivity contribution in [3.05, 3.63) is 45.8 Å². The second-order valence-corrected chi connectivity index (χ2v) is 3.80. The molecule has 0 unspecified atom stereocenters. The Bertz CT molecular complexity index is 566. The van der Waals surface area contributed by atoms with E-state index in [-0.39, 0.29) is 11.6 Å². The fraction of sp³-hybridized carbons (Fsp3) is 0.182. The number of nitro benzene ring substituents is 1. The molecule has 0 amide bonds. The van der Waals surface area contributed by atoms with Crippen LogP contribution in [0.15, 0.2) is 28.9 Å². The topological polar surface area (TPSA) is 69.2 Å². The highest BCUT2D eigenvalue weighted by molar-refractivity contribution is 6.16. The summed E-state index contributed by atoms with van der Waals surface area (Å²) >= 11 is 5.60. The molecule has 5 nitrogen and oxygen atoms in total. The number of nitro groups is 1. The van der Waals surface area contributed by atoms with Gasteiger partial charge in [-0.15, -0.1) is 11.6 Å². The highest BCUT2D eigenvalue weighted by Crippen LogP contribution is 2.26. The van der Waals surface area contributed by atoms with E-state index in [2.05, 4.69) is 4.98 Å². The lowest BCUT2D eigenvalue weighted by Crippen LogP contribution is -1.92. The maximum absolute atomic E-state index is 10.8. The van der Waals surface area contributed by atoms with Crippen LogP contribution in [0.1, 0.15) is 11.3 Å². The van der Waals surface area contributed by atoms with Gasteiger partial charge >= 0.3 is 0 Å². The zero-order valence-corrected chi connectivity index (χ0v) is 9.77. The van der Waals surface area contributed by atoms with Gasteiger partial charge in [-0.05, 0) is 13.0 Å². The van der Waals surface area contributed by atoms with Gasteiger partial charge in [0.25, 0.3) is 5.69 Å². The molecule has 0 spiro atoms. The van der Waals surface area contributed by atoms with Crippen LogP contribution in [0.2, 0.25) is 0 Å². The van der Waals surface area contributed by atoms with Gasteiger partial charge in [-0.25, -0.2) is 4.98 Å². The third-order valence-corrected chi connectivity index (χ3v) is 2.62. The smallest absolute Gasteiger partial charge is 0.273 e. The summed E-state index contributed by atoms with van der Waals surface area (Å²) in [7, 11) is 0. The molecule has 2 aromatic rings. The largest absolute Gasteiger partial charge is 0.444 e. The van der Waals surface area contributed by atoms with E-state index in [1.165, 1.54) is 12.3 Å². The molecular formula is C11H9ClN2O3. The van der Waals surface area contributed by atoms with Crippen molar-refractivity contribution in [3.8, 4) is 11.5 Å². The number of halogens is 1. The van der Waals surface area contributed by atoms with Crippen LogP contribution < -0.4 is 0 Å². The Morgan fingerprint density at radius 1 is 1.53 bits per heavy atom. The van der Waals surface area contributed by atoms with E-state index in [0.717, 1.165) is 0 Å². The maximum Gasteiger partial charge on any atom is 0.273 e. The zero-order valence-electron chi connectivity index (χ0n) is 9.01. The van der Waals surface area contributed by atoms with Crippen LogP contribution in [0.5, 0.6) is 0 Å². The zero-order chi connectivity index (χ0) is 12.4. The first kappa shape index (κ1) is 11.6. The van der Waals surface area contributed by atoms with Crippen molar-refractivity contribution in [1.82, 2.24) is 4.98 Å². The minimum Gasteiger partial charge on any atom is -0.444 e. The quantitative estimate of drug-likeness (QED) is 0.477. The van der Waals surface area contributed by atoms with Crippen molar-refractivity contribution < 1.29 is 9.34 Å². The molecule has 6 heteroatoms. The standard InChI is InChI=1S/C11H9ClN2O3/c1-7-2-3-8(4-10(7)14(15)16)11-13-9(5-12)6-17-11/h2-4,6H,5H2,1H3. The molecule has 0 radical (unpaired) electrons. The number of hydrogen-bond acceptors (Lipinski definition) is 4. The van der Waals surface area contributed by atoms with Crippen LogP contribution in [0.4, 0.5) is 5.69 Å². The van der Waals surface area contributed by atoms with Crippen LogP contribution in [0.25, 0.3) is 11.5 Å². The van der Waals surface area contributed by atoms with Gasteiger partial charge in [0.05, 0.1) is 16.5 Å². The molecule has 0 atom stereocenters. The fourth-order valence-corrected chi connectivity index (χ4v) is 1.56. The van der Waals surface area contributed by atoms with Gasteiger partial charge in [-0.3, -0.25) is 10.1 Å². The summed E-state index contributed by atoms with van der Waals surface area (Å²) in [4.78, 5) is 14.5. The van der Waals surface area contributed by atoms with E-state index in [1.54, 1.807) is 19.1 Å². The molecular weight excluding hydrogens is 244 g/mol. The first-order chi connectivity index (χ1) is 8.11. The number of aryl methyl sites for hydroxylation is 1. The van der Waals surface area contributed by atoms with Crippen molar-refractivity contribution in [1.29, 1.82) is 0 Å². The Hall–Kier alpha value is -1.88. The summed E-state index contributed by atoms with van der Waals surface area (Å²) in [6, 6.07) is 4.84. The van der Waals surface area contributed by atoms with Gasteiger partial charge < -0.3 is 4.42 Å². The molecule has 0 aliphatic rings. The van der Waals surface area contributed by atoms with E-state index in [0.29, 0.717) is 22.7 Å². The van der Waals surface area contributed by atoms with E-state index >= 15 is 0 Å². The van der Waals surface area contributed by atoms with Crippen molar-refractivity contribution in [2.75, 3.05) is 0 Å². The summed E-state index contributed by atoms with van der Waals surface area (Å²) in [6.45, 7) is 1.68. The summed E-state index contributed by atoms with van der Waals surface area (Å²) in [5.74, 6) is 0.584. The molecule has 0 saturated carbocycles. The predicted molar refractivity (Wildman–Crippen MR) is 62.9 cm³/mol. The van der Waals surface area contributed by atoms with Crippen LogP contribution in [-0.2, 0) is 5.88 Å². The van der Waals surface area contributed by atoms with Crippen LogP contribution in [0, 0.1) is 17.0 Å². The normalized spacial score (nSPS) is 10.5. The van der Waals surface area contributed by atoms with E-state index in [4.69, 9.17) is 16.0 Å². The first-order valence-electron chi connectivity index (χ1n) is 4.87. The molecule has 0 N–H and O–H groups in total. The van der Waals surface area contributed by atoms with Crippen LogP contribution in [-0.4, -0.2) is 9.91 Å². The number of rotatable bonds is 3. The number of nitrogens with zero attached hydrogens (tertiary/aromatic N) is 2. The molecule has 0 aliphatic heterocycles. The van der Waals surface area contributed by atoms with E-state index in [1.807, 2.05) is 0 Å². The van der Waals surface area contributed by atoms with Gasteiger partial charge in [-0.1, -0.05) is 6.07 Å². The number of benzene rings is 1. The minimum absolute atomic E-state index is 0.0492. The highest BCUT2D eigenvalue weighted by Gasteiger charge is 2.14. The number of oxazole rings is 1. The molecule has 17 heavy (non-hydrogen) atoms. The average Bonchev–Trinajstić information content (AvgIpc) is 2.78. The molecule has 0 fully saturated rings. The van der Waals surface area contributed by atoms with Crippen molar-refractivity contribution in [2.45, 2.75) is 12.8 Å². The molecule has 2 rings (SSSR count). The Morgan fingerprint density at radius 2 is 2.29 bits per heavy atom. The lowest BCUT2D eigenvalue weighted by molar-refractivity contribution is -0.385. The third-order valence-electron chi connectivity index (χ3n) is 2.34. The minimum atomic E-state index is -0.426. The Morgan fingerprint density at radius 3 is 2.88 bits per heavy atom. The molecule has 0 bridgehead atoms. The molecule has 1 heterocycles. The van der Waals surface area contributed by atoms with Crippen molar-refractivity contribution in [2.24, 2.45) is 0 Å². The summed E-state index contributed by atoms with van der Waals surface area (Å²) in [5.41, 5.74) is 1.82. The third kappa shape index (κ3) is 2.29. The molecule has 1 aromatic carbocycles. The average molecular weight is 253 g/mol. The second-order valence-electron chi connectivity index (χ2n) is 3.54. The number of hydrogen-bond donors (Lipinski definition) is 0. The molecule has 88 valence electrons. The van der Waals surface area contributed by atoms with Gasteiger partial charge in [0.15, 0.2) is 0 Å².